The molecule has 0 atom stereocenters. The van der Waals surface area contributed by atoms with Crippen LogP contribution in [0.25, 0.3) is 0 Å². The summed E-state index contributed by atoms with van der Waals surface area (Å²) in [5, 5.41) is 13.4. The standard InChI is InChI=1S/C12H7BrIN3O3/c13-11-8(2-1-3-9(11)17(19)20)12(18)16-10-5-4-7(14)6-15-10/h1-6H,(H,15,16,18). The van der Waals surface area contributed by atoms with Crippen molar-refractivity contribution in [3.63, 3.8) is 0 Å². The Balaban J connectivity index is 2.28. The van der Waals surface area contributed by atoms with Crippen LogP contribution in [0.15, 0.2) is 41.0 Å². The van der Waals surface area contributed by atoms with Gasteiger partial charge >= 0.3 is 0 Å². The highest BCUT2D eigenvalue weighted by atomic mass is 127. The molecule has 1 N–H and O–H groups in total. The van der Waals surface area contributed by atoms with Crippen LogP contribution in [-0.4, -0.2) is 15.8 Å². The fraction of sp³-hybridized carbons (Fsp3) is 0. The fourth-order valence-electron chi connectivity index (χ4n) is 1.47. The van der Waals surface area contributed by atoms with Gasteiger partial charge in [-0.25, -0.2) is 4.98 Å². The number of hydrogen-bond acceptors (Lipinski definition) is 4. The summed E-state index contributed by atoms with van der Waals surface area (Å²) in [6.45, 7) is 0. The Kier molecular flexibility index (Phi) is 4.65. The lowest BCUT2D eigenvalue weighted by Gasteiger charge is -2.06. The van der Waals surface area contributed by atoms with Crippen molar-refractivity contribution in [3.05, 3.63) is 60.2 Å². The van der Waals surface area contributed by atoms with E-state index in [1.807, 2.05) is 0 Å². The van der Waals surface area contributed by atoms with E-state index in [0.29, 0.717) is 5.82 Å². The van der Waals surface area contributed by atoms with Gasteiger partial charge < -0.3 is 5.32 Å². The van der Waals surface area contributed by atoms with Gasteiger partial charge in [-0.2, -0.15) is 0 Å². The summed E-state index contributed by atoms with van der Waals surface area (Å²) in [4.78, 5) is 26.4. The van der Waals surface area contributed by atoms with Crippen LogP contribution in [0.4, 0.5) is 11.5 Å². The SMILES string of the molecule is O=C(Nc1ccc(I)cn1)c1cccc([N+](=O)[O-])c1Br. The molecule has 102 valence electrons. The van der Waals surface area contributed by atoms with E-state index in [4.69, 9.17) is 0 Å². The number of benzene rings is 1. The first-order valence-electron chi connectivity index (χ1n) is 5.35. The molecule has 1 heterocycles. The third kappa shape index (κ3) is 3.31. The number of nitrogens with zero attached hydrogens (tertiary/aromatic N) is 2. The van der Waals surface area contributed by atoms with Gasteiger partial charge in [-0.1, -0.05) is 6.07 Å². The average molecular weight is 448 g/mol. The van der Waals surface area contributed by atoms with Gasteiger partial charge in [-0.15, -0.1) is 0 Å². The van der Waals surface area contributed by atoms with Crippen LogP contribution in [0, 0.1) is 13.7 Å². The highest BCUT2D eigenvalue weighted by Crippen LogP contribution is 2.28. The molecule has 1 aromatic carbocycles. The van der Waals surface area contributed by atoms with Gasteiger partial charge in [0, 0.05) is 15.8 Å². The molecule has 0 bridgehead atoms. The van der Waals surface area contributed by atoms with E-state index in [2.05, 4.69) is 48.8 Å². The van der Waals surface area contributed by atoms with E-state index in [1.54, 1.807) is 18.3 Å². The molecule has 6 nitrogen and oxygen atoms in total. The number of carbonyl (C=O) groups excluding carboxylic acids is 1. The lowest BCUT2D eigenvalue weighted by atomic mass is 10.2. The van der Waals surface area contributed by atoms with Gasteiger partial charge in [0.2, 0.25) is 0 Å². The molecule has 0 aliphatic heterocycles. The van der Waals surface area contributed by atoms with Crippen molar-refractivity contribution in [3.8, 4) is 0 Å². The molecule has 1 amide bonds. The van der Waals surface area contributed by atoms with Gasteiger partial charge in [0.25, 0.3) is 11.6 Å². The van der Waals surface area contributed by atoms with Crippen molar-refractivity contribution in [2.45, 2.75) is 0 Å². The zero-order valence-electron chi connectivity index (χ0n) is 9.84. The van der Waals surface area contributed by atoms with Crippen LogP contribution < -0.4 is 5.32 Å². The normalized spacial score (nSPS) is 10.1. The number of halogens is 2. The monoisotopic (exact) mass is 447 g/mol. The first-order valence-corrected chi connectivity index (χ1v) is 7.22. The van der Waals surface area contributed by atoms with Crippen LogP contribution in [0.2, 0.25) is 0 Å². The lowest BCUT2D eigenvalue weighted by molar-refractivity contribution is -0.385. The van der Waals surface area contributed by atoms with E-state index in [-0.39, 0.29) is 15.7 Å². The number of carbonyl (C=O) groups is 1. The van der Waals surface area contributed by atoms with Crippen LogP contribution in [0.5, 0.6) is 0 Å². The van der Waals surface area contributed by atoms with Crippen molar-refractivity contribution in [1.29, 1.82) is 0 Å². The van der Waals surface area contributed by atoms with Gasteiger partial charge in [0.05, 0.1) is 10.5 Å². The Morgan fingerprint density at radius 1 is 1.35 bits per heavy atom. The third-order valence-electron chi connectivity index (χ3n) is 2.39. The Hall–Kier alpha value is -1.55. The average Bonchev–Trinajstić information content (AvgIpc) is 2.41. The minimum absolute atomic E-state index is 0.146. The number of pyridine rings is 1. The second-order valence-corrected chi connectivity index (χ2v) is 5.75. The van der Waals surface area contributed by atoms with Crippen LogP contribution >= 0.6 is 38.5 Å². The molecule has 0 spiro atoms. The van der Waals surface area contributed by atoms with E-state index in [9.17, 15) is 14.9 Å². The van der Waals surface area contributed by atoms with E-state index in [0.717, 1.165) is 3.57 Å². The van der Waals surface area contributed by atoms with E-state index >= 15 is 0 Å². The number of hydrogen-bond donors (Lipinski definition) is 1. The van der Waals surface area contributed by atoms with Crippen molar-refractivity contribution in [2.24, 2.45) is 0 Å². The second kappa shape index (κ2) is 6.27. The maximum atomic E-state index is 12.1. The Bertz CT molecular complexity index is 676. The predicted molar refractivity (Wildman–Crippen MR) is 85.7 cm³/mol. The van der Waals surface area contributed by atoms with Crippen LogP contribution in [0.3, 0.4) is 0 Å². The molecule has 0 saturated carbocycles. The zero-order chi connectivity index (χ0) is 14.7. The number of nitro groups is 1. The Labute approximate surface area is 136 Å². The zero-order valence-corrected chi connectivity index (χ0v) is 13.6. The summed E-state index contributed by atoms with van der Waals surface area (Å²) in [5.41, 5.74) is 0.0211. The number of amides is 1. The largest absolute Gasteiger partial charge is 0.307 e. The van der Waals surface area contributed by atoms with Crippen LogP contribution in [0.1, 0.15) is 10.4 Å². The minimum Gasteiger partial charge on any atom is -0.307 e. The summed E-state index contributed by atoms with van der Waals surface area (Å²) < 4.78 is 1.09. The highest BCUT2D eigenvalue weighted by molar-refractivity contribution is 14.1. The Morgan fingerprint density at radius 2 is 2.10 bits per heavy atom. The summed E-state index contributed by atoms with van der Waals surface area (Å²) in [5.74, 6) is -0.0805. The number of aromatic nitrogens is 1. The molecule has 2 rings (SSSR count). The number of nitro benzene ring substituents is 1. The summed E-state index contributed by atoms with van der Waals surface area (Å²) in [7, 11) is 0. The molecule has 0 unspecified atom stereocenters. The van der Waals surface area contributed by atoms with E-state index in [1.165, 1.54) is 18.2 Å². The van der Waals surface area contributed by atoms with Crippen molar-refractivity contribution >= 4 is 55.9 Å². The molecule has 0 fully saturated rings. The first kappa shape index (κ1) is 14.9. The minimum atomic E-state index is -0.552. The maximum Gasteiger partial charge on any atom is 0.284 e. The third-order valence-corrected chi connectivity index (χ3v) is 3.86. The summed E-state index contributed by atoms with van der Waals surface area (Å²) >= 11 is 5.18. The molecule has 2 aromatic rings. The van der Waals surface area contributed by atoms with Gasteiger partial charge in [-0.05, 0) is 56.7 Å². The smallest absolute Gasteiger partial charge is 0.284 e. The maximum absolute atomic E-state index is 12.1. The molecule has 0 saturated heterocycles. The number of anilines is 1. The van der Waals surface area contributed by atoms with Gasteiger partial charge in [-0.3, -0.25) is 14.9 Å². The first-order chi connectivity index (χ1) is 9.49. The van der Waals surface area contributed by atoms with Crippen molar-refractivity contribution < 1.29 is 9.72 Å². The van der Waals surface area contributed by atoms with Gasteiger partial charge in [0.15, 0.2) is 0 Å². The van der Waals surface area contributed by atoms with Crippen LogP contribution in [-0.2, 0) is 0 Å². The quantitative estimate of drug-likeness (QED) is 0.442. The molecule has 1 aromatic heterocycles. The molecule has 0 radical (unpaired) electrons. The predicted octanol–water partition coefficient (Wildman–Crippen LogP) is 3.61. The summed E-state index contributed by atoms with van der Waals surface area (Å²) in [6, 6.07) is 7.73. The van der Waals surface area contributed by atoms with E-state index < -0.39 is 10.8 Å². The molecule has 0 aliphatic rings. The Morgan fingerprint density at radius 3 is 2.70 bits per heavy atom. The topological polar surface area (TPSA) is 85.1 Å². The van der Waals surface area contributed by atoms with Crippen molar-refractivity contribution in [1.82, 2.24) is 4.98 Å². The molecule has 20 heavy (non-hydrogen) atoms. The lowest BCUT2D eigenvalue weighted by Crippen LogP contribution is -2.14. The highest BCUT2D eigenvalue weighted by Gasteiger charge is 2.19. The summed E-state index contributed by atoms with van der Waals surface area (Å²) in [6.07, 6.45) is 1.61. The van der Waals surface area contributed by atoms with Crippen molar-refractivity contribution in [2.75, 3.05) is 5.32 Å². The fourth-order valence-corrected chi connectivity index (χ4v) is 2.38. The van der Waals surface area contributed by atoms with Gasteiger partial charge in [0.1, 0.15) is 10.3 Å². The number of rotatable bonds is 3. The molecular formula is C12H7BrIN3O3. The second-order valence-electron chi connectivity index (χ2n) is 3.71. The molecule has 0 aliphatic carbocycles. The molecule has 8 heteroatoms. The molecular weight excluding hydrogens is 441 g/mol. The number of nitrogens with one attached hydrogen (secondary N) is 1.